The highest BCUT2D eigenvalue weighted by molar-refractivity contribution is 9.10. The zero-order chi connectivity index (χ0) is 17.2. The summed E-state index contributed by atoms with van der Waals surface area (Å²) in [5, 5.41) is 12.3. The Hall–Kier alpha value is -1.73. The van der Waals surface area contributed by atoms with Crippen LogP contribution in [-0.2, 0) is 16.0 Å². The van der Waals surface area contributed by atoms with Crippen molar-refractivity contribution in [2.45, 2.75) is 27.2 Å². The van der Waals surface area contributed by atoms with Crippen LogP contribution in [0, 0.1) is 5.41 Å². The van der Waals surface area contributed by atoms with Gasteiger partial charge in [0.15, 0.2) is 5.13 Å². The average molecular weight is 397 g/mol. The number of amides is 1. The maximum absolute atomic E-state index is 12.1. The summed E-state index contributed by atoms with van der Waals surface area (Å²) in [7, 11) is 0. The van der Waals surface area contributed by atoms with Crippen LogP contribution in [0.15, 0.2) is 28.7 Å². The number of hydrogen-bond acceptors (Lipinski definition) is 4. The highest BCUT2D eigenvalue weighted by Crippen LogP contribution is 2.33. The molecule has 0 bridgehead atoms. The average Bonchev–Trinajstić information content (AvgIpc) is 2.80. The van der Waals surface area contributed by atoms with Gasteiger partial charge in [0.25, 0.3) is 0 Å². The molecule has 0 aliphatic carbocycles. The molecule has 5 nitrogen and oxygen atoms in total. The van der Waals surface area contributed by atoms with Gasteiger partial charge in [-0.1, -0.05) is 48.8 Å². The molecule has 7 heteroatoms. The zero-order valence-corrected chi connectivity index (χ0v) is 15.4. The monoisotopic (exact) mass is 396 g/mol. The number of carbonyl (C=O) groups is 2. The second-order valence-electron chi connectivity index (χ2n) is 6.07. The number of thiazole rings is 1. The Balaban J connectivity index is 2.38. The van der Waals surface area contributed by atoms with Crippen LogP contribution in [0.4, 0.5) is 5.13 Å². The largest absolute Gasteiger partial charge is 0.481 e. The Morgan fingerprint density at radius 3 is 2.39 bits per heavy atom. The number of nitrogens with one attached hydrogen (secondary N) is 1. The molecule has 2 N–H and O–H groups in total. The lowest BCUT2D eigenvalue weighted by Gasteiger charge is -2.15. The van der Waals surface area contributed by atoms with E-state index in [1.54, 1.807) is 0 Å². The first-order valence-electron chi connectivity index (χ1n) is 6.95. The fourth-order valence-electron chi connectivity index (χ4n) is 1.78. The first kappa shape index (κ1) is 17.6. The van der Waals surface area contributed by atoms with Crippen LogP contribution in [0.3, 0.4) is 0 Å². The van der Waals surface area contributed by atoms with Crippen molar-refractivity contribution in [3.8, 4) is 11.3 Å². The summed E-state index contributed by atoms with van der Waals surface area (Å²) in [4.78, 5) is 28.2. The maximum Gasteiger partial charge on any atom is 0.308 e. The van der Waals surface area contributed by atoms with Gasteiger partial charge in [-0.2, -0.15) is 0 Å². The fourth-order valence-corrected chi connectivity index (χ4v) is 3.01. The van der Waals surface area contributed by atoms with Gasteiger partial charge in [-0.05, 0) is 12.1 Å². The van der Waals surface area contributed by atoms with Gasteiger partial charge in [-0.3, -0.25) is 9.59 Å². The minimum atomic E-state index is -0.930. The molecular weight excluding hydrogens is 380 g/mol. The molecule has 122 valence electrons. The van der Waals surface area contributed by atoms with Crippen LogP contribution < -0.4 is 5.32 Å². The molecule has 0 atom stereocenters. The third kappa shape index (κ3) is 4.62. The van der Waals surface area contributed by atoms with Crippen LogP contribution in [0.2, 0.25) is 0 Å². The van der Waals surface area contributed by atoms with E-state index in [0.717, 1.165) is 10.0 Å². The molecule has 1 heterocycles. The fraction of sp³-hybridized carbons (Fsp3) is 0.312. The van der Waals surface area contributed by atoms with Crippen molar-refractivity contribution >= 4 is 44.3 Å². The quantitative estimate of drug-likeness (QED) is 0.811. The second-order valence-corrected chi connectivity index (χ2v) is 8.07. The van der Waals surface area contributed by atoms with E-state index in [1.807, 2.05) is 45.0 Å². The number of halogens is 1. The molecule has 0 fully saturated rings. The van der Waals surface area contributed by atoms with Crippen LogP contribution in [0.25, 0.3) is 11.3 Å². The van der Waals surface area contributed by atoms with Crippen LogP contribution >= 0.6 is 27.3 Å². The number of aromatic nitrogens is 1. The van der Waals surface area contributed by atoms with E-state index in [-0.39, 0.29) is 12.3 Å². The summed E-state index contributed by atoms with van der Waals surface area (Å²) in [6.07, 6.45) is -0.131. The SMILES string of the molecule is CC(C)(C)C(=O)Nc1nc(-c2ccc(Br)cc2)c(CC(=O)O)s1. The standard InChI is InChI=1S/C16H17BrN2O3S/c1-16(2,3)14(22)19-15-18-13(11(23-15)8-12(20)21)9-4-6-10(17)7-5-9/h4-7H,8H2,1-3H3,(H,20,21)(H,18,19,22). The van der Waals surface area contributed by atoms with Crippen LogP contribution in [0.5, 0.6) is 0 Å². The van der Waals surface area contributed by atoms with Crippen molar-refractivity contribution in [2.75, 3.05) is 5.32 Å². The van der Waals surface area contributed by atoms with Gasteiger partial charge in [0.1, 0.15) is 0 Å². The van der Waals surface area contributed by atoms with Gasteiger partial charge in [-0.15, -0.1) is 11.3 Å². The molecule has 0 radical (unpaired) electrons. The number of aliphatic carboxylic acids is 1. The van der Waals surface area contributed by atoms with Crippen LogP contribution in [0.1, 0.15) is 25.6 Å². The summed E-state index contributed by atoms with van der Waals surface area (Å²) in [6, 6.07) is 7.46. The minimum Gasteiger partial charge on any atom is -0.481 e. The number of carboxylic acids is 1. The smallest absolute Gasteiger partial charge is 0.308 e. The van der Waals surface area contributed by atoms with Gasteiger partial charge in [0.2, 0.25) is 5.91 Å². The number of nitrogens with zero attached hydrogens (tertiary/aromatic N) is 1. The lowest BCUT2D eigenvalue weighted by molar-refractivity contribution is -0.136. The molecule has 0 spiro atoms. The number of carboxylic acid groups (broad SMARTS) is 1. The molecule has 1 aromatic heterocycles. The number of rotatable bonds is 4. The lowest BCUT2D eigenvalue weighted by atomic mass is 9.96. The lowest BCUT2D eigenvalue weighted by Crippen LogP contribution is -2.27. The first-order chi connectivity index (χ1) is 10.7. The van der Waals surface area contributed by atoms with Crippen molar-refractivity contribution in [1.29, 1.82) is 0 Å². The van der Waals surface area contributed by atoms with Gasteiger partial charge in [-0.25, -0.2) is 4.98 Å². The molecule has 0 saturated carbocycles. The highest BCUT2D eigenvalue weighted by Gasteiger charge is 2.24. The second kappa shape index (κ2) is 6.80. The molecule has 2 aromatic rings. The van der Waals surface area contributed by atoms with Crippen molar-refractivity contribution in [3.63, 3.8) is 0 Å². The van der Waals surface area contributed by atoms with Gasteiger partial charge in [0.05, 0.1) is 12.1 Å². The first-order valence-corrected chi connectivity index (χ1v) is 8.56. The molecule has 23 heavy (non-hydrogen) atoms. The van der Waals surface area contributed by atoms with E-state index < -0.39 is 11.4 Å². The molecule has 0 aliphatic heterocycles. The Kier molecular flexibility index (Phi) is 5.21. The van der Waals surface area contributed by atoms with Gasteiger partial charge < -0.3 is 10.4 Å². The number of benzene rings is 1. The van der Waals surface area contributed by atoms with Crippen LogP contribution in [-0.4, -0.2) is 22.0 Å². The zero-order valence-electron chi connectivity index (χ0n) is 13.0. The predicted octanol–water partition coefficient (Wildman–Crippen LogP) is 4.18. The molecule has 0 aliphatic rings. The van der Waals surface area contributed by atoms with Gasteiger partial charge in [0, 0.05) is 20.3 Å². The van der Waals surface area contributed by atoms with E-state index in [0.29, 0.717) is 15.7 Å². The number of carbonyl (C=O) groups excluding carboxylic acids is 1. The normalized spacial score (nSPS) is 11.3. The highest BCUT2D eigenvalue weighted by atomic mass is 79.9. The van der Waals surface area contributed by atoms with Crippen molar-refractivity contribution in [2.24, 2.45) is 5.41 Å². The van der Waals surface area contributed by atoms with E-state index in [4.69, 9.17) is 5.11 Å². The summed E-state index contributed by atoms with van der Waals surface area (Å²) in [5.41, 5.74) is 0.863. The summed E-state index contributed by atoms with van der Waals surface area (Å²) < 4.78 is 0.928. The molecule has 1 amide bonds. The maximum atomic E-state index is 12.1. The summed E-state index contributed by atoms with van der Waals surface area (Å²) >= 11 is 4.56. The number of hydrogen-bond donors (Lipinski definition) is 2. The number of anilines is 1. The molecular formula is C16H17BrN2O3S. The van der Waals surface area contributed by atoms with Gasteiger partial charge >= 0.3 is 5.97 Å². The van der Waals surface area contributed by atoms with Crippen molar-refractivity contribution < 1.29 is 14.7 Å². The van der Waals surface area contributed by atoms with E-state index >= 15 is 0 Å². The molecule has 2 rings (SSSR count). The molecule has 1 aromatic carbocycles. The van der Waals surface area contributed by atoms with E-state index in [2.05, 4.69) is 26.2 Å². The predicted molar refractivity (Wildman–Crippen MR) is 94.7 cm³/mol. The Morgan fingerprint density at radius 2 is 1.87 bits per heavy atom. The topological polar surface area (TPSA) is 79.3 Å². The Bertz CT molecular complexity index is 733. The molecule has 0 unspecified atom stereocenters. The Morgan fingerprint density at radius 1 is 1.26 bits per heavy atom. The third-order valence-corrected chi connectivity index (χ3v) is 4.53. The molecule has 0 saturated heterocycles. The third-order valence-electron chi connectivity index (χ3n) is 3.03. The van der Waals surface area contributed by atoms with Crippen molar-refractivity contribution in [1.82, 2.24) is 4.98 Å². The summed E-state index contributed by atoms with van der Waals surface area (Å²) in [6.45, 7) is 5.43. The Labute approximate surface area is 146 Å². The van der Waals surface area contributed by atoms with E-state index in [9.17, 15) is 9.59 Å². The summed E-state index contributed by atoms with van der Waals surface area (Å²) in [5.74, 6) is -1.09. The van der Waals surface area contributed by atoms with E-state index in [1.165, 1.54) is 11.3 Å². The van der Waals surface area contributed by atoms with Crippen molar-refractivity contribution in [3.05, 3.63) is 33.6 Å². The minimum absolute atomic E-state index is 0.131.